The second-order valence-electron chi connectivity index (χ2n) is 6.51. The number of amides is 1. The first-order valence-corrected chi connectivity index (χ1v) is 9.88. The van der Waals surface area contributed by atoms with Gasteiger partial charge in [-0.3, -0.25) is 4.79 Å². The molecule has 0 radical (unpaired) electrons. The smallest absolute Gasteiger partial charge is 0.243 e. The molecule has 1 atom stereocenters. The summed E-state index contributed by atoms with van der Waals surface area (Å²) in [6, 6.07) is 7.02. The van der Waals surface area contributed by atoms with E-state index in [4.69, 9.17) is 5.73 Å². The Balaban J connectivity index is 0.00000312. The summed E-state index contributed by atoms with van der Waals surface area (Å²) in [5.41, 5.74) is 6.49. The Bertz CT molecular complexity index is 662. The highest BCUT2D eigenvalue weighted by Crippen LogP contribution is 2.25. The monoisotopic (exact) mass is 389 g/mol. The van der Waals surface area contributed by atoms with Crippen LogP contribution in [0.5, 0.6) is 0 Å². The summed E-state index contributed by atoms with van der Waals surface area (Å²) in [6.07, 6.45) is 1.39. The van der Waals surface area contributed by atoms with Crippen molar-refractivity contribution in [3.63, 3.8) is 0 Å². The number of halogens is 1. The number of piperidine rings is 1. The Kier molecular flexibility index (Phi) is 8.34. The molecule has 1 unspecified atom stereocenters. The second-order valence-corrected chi connectivity index (χ2v) is 8.44. The zero-order valence-electron chi connectivity index (χ0n) is 14.8. The first-order valence-electron chi connectivity index (χ1n) is 8.44. The summed E-state index contributed by atoms with van der Waals surface area (Å²) in [6.45, 7) is 5.61. The minimum Gasteiger partial charge on any atom is -0.355 e. The largest absolute Gasteiger partial charge is 0.355 e. The predicted molar refractivity (Wildman–Crippen MR) is 101 cm³/mol. The number of nitrogens with zero attached hydrogens (tertiary/aromatic N) is 1. The Labute approximate surface area is 156 Å². The predicted octanol–water partition coefficient (Wildman–Crippen LogP) is 1.71. The van der Waals surface area contributed by atoms with Crippen molar-refractivity contribution in [1.82, 2.24) is 9.62 Å². The summed E-state index contributed by atoms with van der Waals surface area (Å²) in [7, 11) is -3.56. The number of carbonyl (C=O) groups is 1. The summed E-state index contributed by atoms with van der Waals surface area (Å²) < 4.78 is 27.1. The van der Waals surface area contributed by atoms with E-state index in [1.54, 1.807) is 12.1 Å². The SMILES string of the molecule is CC(C)c1ccc(S(=O)(=O)N2CCCC(C(=O)NCCN)C2)cc1.Cl. The van der Waals surface area contributed by atoms with E-state index in [1.807, 2.05) is 12.1 Å². The average Bonchev–Trinajstić information content (AvgIpc) is 2.59. The molecule has 0 aliphatic carbocycles. The van der Waals surface area contributed by atoms with Crippen molar-refractivity contribution in [3.8, 4) is 0 Å². The van der Waals surface area contributed by atoms with Crippen LogP contribution in [0.1, 0.15) is 38.2 Å². The number of carbonyl (C=O) groups excluding carboxylic acids is 1. The van der Waals surface area contributed by atoms with Gasteiger partial charge in [-0.15, -0.1) is 12.4 Å². The van der Waals surface area contributed by atoms with Crippen LogP contribution in [0.25, 0.3) is 0 Å². The molecule has 1 aromatic rings. The zero-order valence-corrected chi connectivity index (χ0v) is 16.4. The van der Waals surface area contributed by atoms with E-state index in [0.717, 1.165) is 5.56 Å². The first-order chi connectivity index (χ1) is 11.4. The van der Waals surface area contributed by atoms with E-state index in [9.17, 15) is 13.2 Å². The molecule has 1 heterocycles. The molecule has 25 heavy (non-hydrogen) atoms. The van der Waals surface area contributed by atoms with Gasteiger partial charge in [0.25, 0.3) is 0 Å². The number of hydrogen-bond acceptors (Lipinski definition) is 4. The maximum absolute atomic E-state index is 12.8. The lowest BCUT2D eigenvalue weighted by Crippen LogP contribution is -2.46. The van der Waals surface area contributed by atoms with Gasteiger partial charge in [-0.05, 0) is 36.5 Å². The minimum atomic E-state index is -3.56. The maximum Gasteiger partial charge on any atom is 0.243 e. The topological polar surface area (TPSA) is 92.5 Å². The lowest BCUT2D eigenvalue weighted by molar-refractivity contribution is -0.126. The molecule has 1 aromatic carbocycles. The van der Waals surface area contributed by atoms with Gasteiger partial charge >= 0.3 is 0 Å². The summed E-state index contributed by atoms with van der Waals surface area (Å²) in [4.78, 5) is 12.4. The number of nitrogens with two attached hydrogens (primary N) is 1. The Morgan fingerprint density at radius 1 is 1.32 bits per heavy atom. The van der Waals surface area contributed by atoms with Crippen LogP contribution in [-0.4, -0.2) is 44.8 Å². The van der Waals surface area contributed by atoms with Gasteiger partial charge in [-0.1, -0.05) is 26.0 Å². The highest BCUT2D eigenvalue weighted by atomic mass is 35.5. The number of benzene rings is 1. The van der Waals surface area contributed by atoms with Crippen LogP contribution in [0.4, 0.5) is 0 Å². The van der Waals surface area contributed by atoms with Gasteiger partial charge in [0.05, 0.1) is 10.8 Å². The minimum absolute atomic E-state index is 0. The van der Waals surface area contributed by atoms with Gasteiger partial charge in [0.15, 0.2) is 0 Å². The van der Waals surface area contributed by atoms with E-state index < -0.39 is 10.0 Å². The third kappa shape index (κ3) is 5.41. The Morgan fingerprint density at radius 2 is 1.96 bits per heavy atom. The molecule has 1 saturated heterocycles. The molecule has 142 valence electrons. The van der Waals surface area contributed by atoms with Gasteiger partial charge in [-0.25, -0.2) is 8.42 Å². The summed E-state index contributed by atoms with van der Waals surface area (Å²) >= 11 is 0. The number of hydrogen-bond donors (Lipinski definition) is 2. The Morgan fingerprint density at radius 3 is 2.52 bits per heavy atom. The van der Waals surface area contributed by atoms with E-state index in [-0.39, 0.29) is 35.7 Å². The van der Waals surface area contributed by atoms with Crippen LogP contribution in [0.15, 0.2) is 29.2 Å². The highest BCUT2D eigenvalue weighted by Gasteiger charge is 2.33. The quantitative estimate of drug-likeness (QED) is 0.774. The molecule has 0 spiro atoms. The normalized spacial score (nSPS) is 18.6. The molecule has 1 fully saturated rings. The van der Waals surface area contributed by atoms with Gasteiger partial charge in [-0.2, -0.15) is 4.31 Å². The summed E-state index contributed by atoms with van der Waals surface area (Å²) in [5, 5.41) is 2.75. The van der Waals surface area contributed by atoms with Crippen molar-refractivity contribution in [1.29, 1.82) is 0 Å². The number of nitrogens with one attached hydrogen (secondary N) is 1. The van der Waals surface area contributed by atoms with Crippen LogP contribution in [-0.2, 0) is 14.8 Å². The molecule has 2 rings (SSSR count). The molecule has 8 heteroatoms. The van der Waals surface area contributed by atoms with E-state index in [1.165, 1.54) is 4.31 Å². The molecule has 3 N–H and O–H groups in total. The lowest BCUT2D eigenvalue weighted by atomic mass is 9.99. The fraction of sp³-hybridized carbons (Fsp3) is 0.588. The second kappa shape index (κ2) is 9.52. The van der Waals surface area contributed by atoms with Crippen LogP contribution in [0, 0.1) is 5.92 Å². The van der Waals surface area contributed by atoms with E-state index >= 15 is 0 Å². The van der Waals surface area contributed by atoms with Gasteiger partial charge in [0.1, 0.15) is 0 Å². The zero-order chi connectivity index (χ0) is 17.7. The fourth-order valence-electron chi connectivity index (χ4n) is 2.89. The van der Waals surface area contributed by atoms with E-state index in [2.05, 4.69) is 19.2 Å². The van der Waals surface area contributed by atoms with Gasteiger partial charge in [0.2, 0.25) is 15.9 Å². The standard InChI is InChI=1S/C17H27N3O3S.ClH/c1-13(2)14-5-7-16(8-6-14)24(22,23)20-11-3-4-15(12-20)17(21)19-10-9-18;/h5-8,13,15H,3-4,9-12,18H2,1-2H3,(H,19,21);1H. The lowest BCUT2D eigenvalue weighted by Gasteiger charge is -2.31. The maximum atomic E-state index is 12.8. The van der Waals surface area contributed by atoms with Crippen molar-refractivity contribution < 1.29 is 13.2 Å². The van der Waals surface area contributed by atoms with Crippen LogP contribution < -0.4 is 11.1 Å². The van der Waals surface area contributed by atoms with Gasteiger partial charge in [0, 0.05) is 26.2 Å². The van der Waals surface area contributed by atoms with E-state index in [0.29, 0.717) is 38.4 Å². The molecule has 6 nitrogen and oxygen atoms in total. The molecule has 1 amide bonds. The molecular formula is C17H28ClN3O3S. The van der Waals surface area contributed by atoms with Crippen molar-refractivity contribution in [2.24, 2.45) is 11.7 Å². The van der Waals surface area contributed by atoms with Crippen molar-refractivity contribution in [2.75, 3.05) is 26.2 Å². The van der Waals surface area contributed by atoms with Crippen molar-refractivity contribution >= 4 is 28.3 Å². The average molecular weight is 390 g/mol. The first kappa shape index (κ1) is 21.9. The molecule has 0 bridgehead atoms. The third-order valence-electron chi connectivity index (χ3n) is 4.38. The Hall–Kier alpha value is -1.15. The molecule has 1 aliphatic rings. The van der Waals surface area contributed by atoms with Crippen molar-refractivity contribution in [3.05, 3.63) is 29.8 Å². The van der Waals surface area contributed by atoms with Crippen LogP contribution >= 0.6 is 12.4 Å². The number of rotatable bonds is 6. The summed E-state index contributed by atoms with van der Waals surface area (Å²) in [5.74, 6) is -0.0714. The number of sulfonamides is 1. The van der Waals surface area contributed by atoms with Crippen molar-refractivity contribution in [2.45, 2.75) is 37.5 Å². The third-order valence-corrected chi connectivity index (χ3v) is 6.26. The highest BCUT2D eigenvalue weighted by molar-refractivity contribution is 7.89. The van der Waals surface area contributed by atoms with Crippen LogP contribution in [0.3, 0.4) is 0 Å². The molecule has 0 saturated carbocycles. The van der Waals surface area contributed by atoms with Gasteiger partial charge < -0.3 is 11.1 Å². The fourth-order valence-corrected chi connectivity index (χ4v) is 4.41. The molecule has 0 aromatic heterocycles. The molecule has 1 aliphatic heterocycles. The van der Waals surface area contributed by atoms with Crippen LogP contribution in [0.2, 0.25) is 0 Å². The molecular weight excluding hydrogens is 362 g/mol.